The van der Waals surface area contributed by atoms with Crippen LogP contribution in [-0.4, -0.2) is 49.6 Å². The molecule has 5 nitrogen and oxygen atoms in total. The summed E-state index contributed by atoms with van der Waals surface area (Å²) in [5, 5.41) is 2.69. The molecule has 1 fully saturated rings. The number of nitrogens with one attached hydrogen (secondary N) is 1. The minimum Gasteiger partial charge on any atom is -0.383 e. The Balaban J connectivity index is 1.86. The van der Waals surface area contributed by atoms with Crippen LogP contribution in [0.4, 0.5) is 0 Å². The zero-order valence-corrected chi connectivity index (χ0v) is 12.8. The Morgan fingerprint density at radius 2 is 2.10 bits per heavy atom. The topological polar surface area (TPSA) is 58.6 Å². The fraction of sp³-hybridized carbons (Fsp3) is 0.500. The SMILES string of the molecule is COCC1CCN1C(=O)CNC(=O)c1ccc(C)c(C)c1. The second-order valence-corrected chi connectivity index (χ2v) is 5.47. The van der Waals surface area contributed by atoms with E-state index in [1.807, 2.05) is 26.0 Å². The Morgan fingerprint density at radius 3 is 2.67 bits per heavy atom. The number of benzene rings is 1. The third-order valence-corrected chi connectivity index (χ3v) is 3.99. The van der Waals surface area contributed by atoms with Crippen LogP contribution in [-0.2, 0) is 9.53 Å². The van der Waals surface area contributed by atoms with Crippen molar-refractivity contribution in [2.24, 2.45) is 0 Å². The summed E-state index contributed by atoms with van der Waals surface area (Å²) in [4.78, 5) is 25.8. The van der Waals surface area contributed by atoms with Crippen molar-refractivity contribution in [1.29, 1.82) is 0 Å². The Hall–Kier alpha value is -1.88. The number of amides is 2. The highest BCUT2D eigenvalue weighted by Crippen LogP contribution is 2.17. The molecule has 0 aliphatic carbocycles. The zero-order chi connectivity index (χ0) is 15.4. The van der Waals surface area contributed by atoms with Crippen molar-refractivity contribution in [1.82, 2.24) is 10.2 Å². The van der Waals surface area contributed by atoms with Crippen molar-refractivity contribution in [3.8, 4) is 0 Å². The molecule has 1 aliphatic rings. The number of carbonyl (C=O) groups excluding carboxylic acids is 2. The molecule has 1 aromatic carbocycles. The van der Waals surface area contributed by atoms with Gasteiger partial charge in [0.25, 0.3) is 5.91 Å². The third kappa shape index (κ3) is 3.61. The minimum atomic E-state index is -0.213. The number of rotatable bonds is 5. The molecular weight excluding hydrogens is 268 g/mol. The van der Waals surface area contributed by atoms with Gasteiger partial charge in [-0.3, -0.25) is 9.59 Å². The van der Waals surface area contributed by atoms with E-state index in [1.165, 1.54) is 0 Å². The maximum atomic E-state index is 12.0. The number of likely N-dealkylation sites (tertiary alicyclic amines) is 1. The summed E-state index contributed by atoms with van der Waals surface area (Å²) in [7, 11) is 1.63. The first-order valence-corrected chi connectivity index (χ1v) is 7.16. The largest absolute Gasteiger partial charge is 0.383 e. The van der Waals surface area contributed by atoms with Crippen LogP contribution < -0.4 is 5.32 Å². The summed E-state index contributed by atoms with van der Waals surface area (Å²) in [6, 6.07) is 5.68. The van der Waals surface area contributed by atoms with Gasteiger partial charge in [0.2, 0.25) is 5.91 Å². The lowest BCUT2D eigenvalue weighted by Crippen LogP contribution is -2.55. The van der Waals surface area contributed by atoms with Crippen LogP contribution in [0.3, 0.4) is 0 Å². The van der Waals surface area contributed by atoms with Gasteiger partial charge in [-0.2, -0.15) is 0 Å². The van der Waals surface area contributed by atoms with Crippen molar-refractivity contribution < 1.29 is 14.3 Å². The first kappa shape index (κ1) is 15.5. The number of carbonyl (C=O) groups is 2. The first-order valence-electron chi connectivity index (χ1n) is 7.16. The van der Waals surface area contributed by atoms with Crippen LogP contribution >= 0.6 is 0 Å². The van der Waals surface area contributed by atoms with Crippen molar-refractivity contribution in [2.75, 3.05) is 26.8 Å². The van der Waals surface area contributed by atoms with E-state index in [9.17, 15) is 9.59 Å². The predicted octanol–water partition coefficient (Wildman–Crippen LogP) is 1.28. The van der Waals surface area contributed by atoms with Gasteiger partial charge in [-0.25, -0.2) is 0 Å². The maximum absolute atomic E-state index is 12.0. The molecule has 0 aromatic heterocycles. The molecule has 114 valence electrons. The smallest absolute Gasteiger partial charge is 0.251 e. The van der Waals surface area contributed by atoms with Gasteiger partial charge in [-0.05, 0) is 43.5 Å². The van der Waals surface area contributed by atoms with E-state index in [2.05, 4.69) is 5.32 Å². The van der Waals surface area contributed by atoms with Crippen LogP contribution in [0, 0.1) is 13.8 Å². The molecule has 2 rings (SSSR count). The maximum Gasteiger partial charge on any atom is 0.251 e. The second kappa shape index (κ2) is 6.72. The highest BCUT2D eigenvalue weighted by molar-refractivity contribution is 5.96. The van der Waals surface area contributed by atoms with E-state index in [4.69, 9.17) is 4.74 Å². The molecule has 0 radical (unpaired) electrons. The molecule has 0 spiro atoms. The molecule has 1 N–H and O–H groups in total. The molecule has 1 saturated heterocycles. The summed E-state index contributed by atoms with van der Waals surface area (Å²) in [6.07, 6.45) is 0.963. The summed E-state index contributed by atoms with van der Waals surface area (Å²) in [5.74, 6) is -0.268. The summed E-state index contributed by atoms with van der Waals surface area (Å²) in [5.41, 5.74) is 2.80. The number of hydrogen-bond donors (Lipinski definition) is 1. The van der Waals surface area contributed by atoms with Gasteiger partial charge in [-0.1, -0.05) is 6.07 Å². The van der Waals surface area contributed by atoms with Gasteiger partial charge < -0.3 is 15.0 Å². The van der Waals surface area contributed by atoms with E-state index in [1.54, 1.807) is 18.1 Å². The van der Waals surface area contributed by atoms with Crippen LogP contribution in [0.1, 0.15) is 27.9 Å². The van der Waals surface area contributed by atoms with Crippen LogP contribution in [0.2, 0.25) is 0 Å². The van der Waals surface area contributed by atoms with Gasteiger partial charge in [0.05, 0.1) is 19.2 Å². The molecule has 1 heterocycles. The lowest BCUT2D eigenvalue weighted by molar-refractivity contribution is -0.139. The molecule has 1 unspecified atom stereocenters. The molecular formula is C16H22N2O3. The fourth-order valence-electron chi connectivity index (χ4n) is 2.38. The van der Waals surface area contributed by atoms with E-state index >= 15 is 0 Å². The lowest BCUT2D eigenvalue weighted by atomic mass is 10.0. The number of methoxy groups -OCH3 is 1. The Morgan fingerprint density at radius 1 is 1.33 bits per heavy atom. The van der Waals surface area contributed by atoms with Crippen LogP contribution in [0.25, 0.3) is 0 Å². The van der Waals surface area contributed by atoms with Gasteiger partial charge in [0, 0.05) is 19.2 Å². The lowest BCUT2D eigenvalue weighted by Gasteiger charge is -2.40. The molecule has 2 amide bonds. The van der Waals surface area contributed by atoms with Gasteiger partial charge in [-0.15, -0.1) is 0 Å². The van der Waals surface area contributed by atoms with Crippen molar-refractivity contribution in [3.05, 3.63) is 34.9 Å². The number of aryl methyl sites for hydroxylation is 2. The van der Waals surface area contributed by atoms with Crippen molar-refractivity contribution >= 4 is 11.8 Å². The summed E-state index contributed by atoms with van der Waals surface area (Å²) < 4.78 is 5.06. The first-order chi connectivity index (χ1) is 10.0. The van der Waals surface area contributed by atoms with Gasteiger partial charge in [0.15, 0.2) is 0 Å². The van der Waals surface area contributed by atoms with E-state index in [0.717, 1.165) is 24.1 Å². The van der Waals surface area contributed by atoms with Crippen molar-refractivity contribution in [3.63, 3.8) is 0 Å². The monoisotopic (exact) mass is 290 g/mol. The molecule has 5 heteroatoms. The zero-order valence-electron chi connectivity index (χ0n) is 12.8. The normalized spacial score (nSPS) is 17.3. The third-order valence-electron chi connectivity index (χ3n) is 3.99. The van der Waals surface area contributed by atoms with Gasteiger partial charge >= 0.3 is 0 Å². The molecule has 1 aliphatic heterocycles. The van der Waals surface area contributed by atoms with Crippen molar-refractivity contribution in [2.45, 2.75) is 26.3 Å². The highest BCUT2D eigenvalue weighted by Gasteiger charge is 2.31. The summed E-state index contributed by atoms with van der Waals surface area (Å²) in [6.45, 7) is 5.29. The Kier molecular flexibility index (Phi) is 4.96. The molecule has 21 heavy (non-hydrogen) atoms. The molecule has 1 atom stereocenters. The Labute approximate surface area is 125 Å². The summed E-state index contributed by atoms with van der Waals surface area (Å²) >= 11 is 0. The minimum absolute atomic E-state index is 0.0337. The second-order valence-electron chi connectivity index (χ2n) is 5.47. The molecule has 1 aromatic rings. The fourth-order valence-corrected chi connectivity index (χ4v) is 2.38. The van der Waals surface area contributed by atoms with E-state index in [0.29, 0.717) is 12.2 Å². The number of nitrogens with zero attached hydrogens (tertiary/aromatic N) is 1. The highest BCUT2D eigenvalue weighted by atomic mass is 16.5. The predicted molar refractivity (Wildman–Crippen MR) is 80.2 cm³/mol. The Bertz CT molecular complexity index is 542. The van der Waals surface area contributed by atoms with Crippen LogP contribution in [0.15, 0.2) is 18.2 Å². The average Bonchev–Trinajstić information content (AvgIpc) is 2.44. The number of ether oxygens (including phenoxy) is 1. The molecule has 0 bridgehead atoms. The van der Waals surface area contributed by atoms with Gasteiger partial charge in [0.1, 0.15) is 0 Å². The van der Waals surface area contributed by atoms with E-state index in [-0.39, 0.29) is 24.4 Å². The molecule has 0 saturated carbocycles. The standard InChI is InChI=1S/C16H22N2O3/c1-11-4-5-13(8-12(11)2)16(20)17-9-15(19)18-7-6-14(18)10-21-3/h4-5,8,14H,6-7,9-10H2,1-3H3,(H,17,20). The average molecular weight is 290 g/mol. The number of hydrogen-bond acceptors (Lipinski definition) is 3. The van der Waals surface area contributed by atoms with Crippen LogP contribution in [0.5, 0.6) is 0 Å². The van der Waals surface area contributed by atoms with E-state index < -0.39 is 0 Å². The quantitative estimate of drug-likeness (QED) is 0.888.